The Kier molecular flexibility index (Phi) is 2.95. The molecule has 0 radical (unpaired) electrons. The third-order valence-electron chi connectivity index (χ3n) is 2.88. The number of benzene rings is 2. The molecule has 82 valence electrons. The van der Waals surface area contributed by atoms with E-state index in [0.717, 1.165) is 0 Å². The molecule has 16 heavy (non-hydrogen) atoms. The molecule has 2 rings (SSSR count). The van der Waals surface area contributed by atoms with Crippen molar-refractivity contribution in [2.75, 3.05) is 12.4 Å². The third kappa shape index (κ3) is 2.08. The fourth-order valence-electron chi connectivity index (χ4n) is 1.87. The molecule has 1 N–H and O–H groups in total. The van der Waals surface area contributed by atoms with Gasteiger partial charge in [-0.15, -0.1) is 0 Å². The average molecular weight is 211 g/mol. The van der Waals surface area contributed by atoms with Gasteiger partial charge in [0, 0.05) is 12.7 Å². The maximum atomic E-state index is 3.18. The van der Waals surface area contributed by atoms with Crippen molar-refractivity contribution in [3.63, 3.8) is 0 Å². The Morgan fingerprint density at radius 1 is 0.812 bits per heavy atom. The highest BCUT2D eigenvalue weighted by Crippen LogP contribution is 2.24. The van der Waals surface area contributed by atoms with Crippen LogP contribution in [0.15, 0.2) is 42.5 Å². The zero-order valence-corrected chi connectivity index (χ0v) is 10.0. The molecule has 2 aromatic carbocycles. The van der Waals surface area contributed by atoms with E-state index in [1.807, 2.05) is 7.05 Å². The van der Waals surface area contributed by atoms with Gasteiger partial charge in [0.25, 0.3) is 0 Å². The van der Waals surface area contributed by atoms with Crippen LogP contribution >= 0.6 is 0 Å². The molecular formula is C15H17N. The highest BCUT2D eigenvalue weighted by Gasteiger charge is 2.00. The molecule has 0 fully saturated rings. The summed E-state index contributed by atoms with van der Waals surface area (Å²) in [4.78, 5) is 0. The van der Waals surface area contributed by atoms with Gasteiger partial charge in [-0.1, -0.05) is 35.9 Å². The SMILES string of the molecule is CNc1ccc(-c2ccc(C)cc2)cc1C. The molecule has 0 aliphatic rings. The summed E-state index contributed by atoms with van der Waals surface area (Å²) in [5.41, 5.74) is 6.32. The lowest BCUT2D eigenvalue weighted by Gasteiger charge is -2.08. The summed E-state index contributed by atoms with van der Waals surface area (Å²) in [6, 6.07) is 15.1. The van der Waals surface area contributed by atoms with E-state index >= 15 is 0 Å². The maximum absolute atomic E-state index is 3.18. The Bertz CT molecular complexity index is 483. The number of anilines is 1. The van der Waals surface area contributed by atoms with Gasteiger partial charge in [-0.25, -0.2) is 0 Å². The Morgan fingerprint density at radius 2 is 1.44 bits per heavy atom. The summed E-state index contributed by atoms with van der Waals surface area (Å²) in [6.07, 6.45) is 0. The first-order valence-electron chi connectivity index (χ1n) is 5.56. The van der Waals surface area contributed by atoms with E-state index in [1.54, 1.807) is 0 Å². The Labute approximate surface area is 97.1 Å². The molecule has 0 spiro atoms. The second-order valence-electron chi connectivity index (χ2n) is 4.15. The van der Waals surface area contributed by atoms with E-state index in [-0.39, 0.29) is 0 Å². The second-order valence-corrected chi connectivity index (χ2v) is 4.15. The van der Waals surface area contributed by atoms with E-state index in [0.29, 0.717) is 0 Å². The van der Waals surface area contributed by atoms with Crippen molar-refractivity contribution in [3.8, 4) is 11.1 Å². The van der Waals surface area contributed by atoms with E-state index in [9.17, 15) is 0 Å². The van der Waals surface area contributed by atoms with E-state index < -0.39 is 0 Å². The van der Waals surface area contributed by atoms with Gasteiger partial charge in [-0.2, -0.15) is 0 Å². The van der Waals surface area contributed by atoms with Gasteiger partial charge < -0.3 is 5.32 Å². The number of hydrogen-bond acceptors (Lipinski definition) is 1. The predicted octanol–water partition coefficient (Wildman–Crippen LogP) is 4.01. The number of hydrogen-bond donors (Lipinski definition) is 1. The predicted molar refractivity (Wildman–Crippen MR) is 70.9 cm³/mol. The van der Waals surface area contributed by atoms with Crippen molar-refractivity contribution >= 4 is 5.69 Å². The molecule has 0 aromatic heterocycles. The second kappa shape index (κ2) is 4.40. The topological polar surface area (TPSA) is 12.0 Å². The molecule has 0 unspecified atom stereocenters. The van der Waals surface area contributed by atoms with Crippen LogP contribution in [0.1, 0.15) is 11.1 Å². The van der Waals surface area contributed by atoms with Gasteiger partial charge in [0.1, 0.15) is 0 Å². The first kappa shape index (κ1) is 10.7. The molecule has 0 bridgehead atoms. The molecule has 0 atom stereocenters. The Balaban J connectivity index is 2.41. The van der Waals surface area contributed by atoms with E-state index in [1.165, 1.54) is 27.9 Å². The molecule has 0 aliphatic carbocycles. The number of rotatable bonds is 2. The summed E-state index contributed by atoms with van der Waals surface area (Å²) >= 11 is 0. The summed E-state index contributed by atoms with van der Waals surface area (Å²) in [7, 11) is 1.95. The van der Waals surface area contributed by atoms with Crippen molar-refractivity contribution in [1.82, 2.24) is 0 Å². The fraction of sp³-hybridized carbons (Fsp3) is 0.200. The van der Waals surface area contributed by atoms with Crippen LogP contribution in [0.2, 0.25) is 0 Å². The lowest BCUT2D eigenvalue weighted by molar-refractivity contribution is 1.40. The largest absolute Gasteiger partial charge is 0.388 e. The van der Waals surface area contributed by atoms with Gasteiger partial charge in [0.05, 0.1) is 0 Å². The summed E-state index contributed by atoms with van der Waals surface area (Å²) in [5.74, 6) is 0. The zero-order chi connectivity index (χ0) is 11.5. The lowest BCUT2D eigenvalue weighted by atomic mass is 10.0. The van der Waals surface area contributed by atoms with Gasteiger partial charge in [0.15, 0.2) is 0 Å². The average Bonchev–Trinajstić information content (AvgIpc) is 2.30. The van der Waals surface area contributed by atoms with Crippen LogP contribution in [-0.2, 0) is 0 Å². The highest BCUT2D eigenvalue weighted by atomic mass is 14.8. The van der Waals surface area contributed by atoms with Gasteiger partial charge in [-0.3, -0.25) is 0 Å². The van der Waals surface area contributed by atoms with Crippen LogP contribution in [0.25, 0.3) is 11.1 Å². The summed E-state index contributed by atoms with van der Waals surface area (Å²) in [5, 5.41) is 3.18. The fourth-order valence-corrected chi connectivity index (χ4v) is 1.87. The van der Waals surface area contributed by atoms with Crippen LogP contribution in [0.3, 0.4) is 0 Å². The van der Waals surface area contributed by atoms with Crippen LogP contribution < -0.4 is 5.32 Å². The minimum absolute atomic E-state index is 1.19. The molecular weight excluding hydrogens is 194 g/mol. The zero-order valence-electron chi connectivity index (χ0n) is 10.0. The van der Waals surface area contributed by atoms with Gasteiger partial charge in [-0.05, 0) is 42.7 Å². The molecule has 2 aromatic rings. The Hall–Kier alpha value is -1.76. The molecule has 0 saturated heterocycles. The van der Waals surface area contributed by atoms with E-state index in [4.69, 9.17) is 0 Å². The standard InChI is InChI=1S/C15H17N/c1-11-4-6-13(7-5-11)14-8-9-15(16-3)12(2)10-14/h4-10,16H,1-3H3. The minimum Gasteiger partial charge on any atom is -0.388 e. The van der Waals surface area contributed by atoms with Crippen molar-refractivity contribution in [2.24, 2.45) is 0 Å². The monoisotopic (exact) mass is 211 g/mol. The van der Waals surface area contributed by atoms with Crippen molar-refractivity contribution < 1.29 is 0 Å². The maximum Gasteiger partial charge on any atom is 0.0367 e. The van der Waals surface area contributed by atoms with E-state index in [2.05, 4.69) is 61.6 Å². The van der Waals surface area contributed by atoms with Crippen LogP contribution in [0.5, 0.6) is 0 Å². The Morgan fingerprint density at radius 3 is 2.00 bits per heavy atom. The number of aryl methyl sites for hydroxylation is 2. The van der Waals surface area contributed by atoms with Crippen molar-refractivity contribution in [1.29, 1.82) is 0 Å². The molecule has 0 amide bonds. The van der Waals surface area contributed by atoms with Crippen molar-refractivity contribution in [2.45, 2.75) is 13.8 Å². The van der Waals surface area contributed by atoms with Crippen LogP contribution in [0.4, 0.5) is 5.69 Å². The normalized spacial score (nSPS) is 10.2. The summed E-state index contributed by atoms with van der Waals surface area (Å²) < 4.78 is 0. The smallest absolute Gasteiger partial charge is 0.0367 e. The van der Waals surface area contributed by atoms with Gasteiger partial charge in [0.2, 0.25) is 0 Å². The first-order valence-corrected chi connectivity index (χ1v) is 5.56. The van der Waals surface area contributed by atoms with Crippen LogP contribution in [-0.4, -0.2) is 7.05 Å². The molecule has 1 heteroatoms. The summed E-state index contributed by atoms with van der Waals surface area (Å²) in [6.45, 7) is 4.24. The van der Waals surface area contributed by atoms with Crippen molar-refractivity contribution in [3.05, 3.63) is 53.6 Å². The van der Waals surface area contributed by atoms with Crippen LogP contribution in [0, 0.1) is 13.8 Å². The molecule has 0 aliphatic heterocycles. The minimum atomic E-state index is 1.19. The van der Waals surface area contributed by atoms with Gasteiger partial charge >= 0.3 is 0 Å². The molecule has 0 heterocycles. The quantitative estimate of drug-likeness (QED) is 0.791. The third-order valence-corrected chi connectivity index (χ3v) is 2.88. The highest BCUT2D eigenvalue weighted by molar-refractivity contribution is 5.68. The lowest BCUT2D eigenvalue weighted by Crippen LogP contribution is -1.91. The molecule has 1 nitrogen and oxygen atoms in total. The molecule has 0 saturated carbocycles. The first-order chi connectivity index (χ1) is 7.70. The number of nitrogens with one attached hydrogen (secondary N) is 1.